The van der Waals surface area contributed by atoms with Gasteiger partial charge in [0.25, 0.3) is 11.4 Å². The van der Waals surface area contributed by atoms with Gasteiger partial charge in [0.15, 0.2) is 0 Å². The number of nitriles is 1. The number of hydrogen-bond acceptors (Lipinski definition) is 5. The number of alkyl halides is 2. The Hall–Kier alpha value is -3.34. The van der Waals surface area contributed by atoms with E-state index in [2.05, 4.69) is 10.2 Å². The molecule has 0 saturated carbocycles. The van der Waals surface area contributed by atoms with Crippen LogP contribution >= 0.6 is 0 Å². The molecule has 0 bridgehead atoms. The minimum atomic E-state index is -2.86. The van der Waals surface area contributed by atoms with Gasteiger partial charge in [0.2, 0.25) is 5.89 Å². The molecule has 0 aliphatic rings. The first-order chi connectivity index (χ1) is 11.6. The number of pyridine rings is 1. The van der Waals surface area contributed by atoms with Gasteiger partial charge in [0, 0.05) is 17.8 Å². The summed E-state index contributed by atoms with van der Waals surface area (Å²) in [5.74, 6) is -0.927. The van der Waals surface area contributed by atoms with Crippen LogP contribution in [0.1, 0.15) is 23.4 Å². The van der Waals surface area contributed by atoms with Crippen molar-refractivity contribution in [3.8, 4) is 17.5 Å². The molecule has 3 rings (SSSR count). The summed E-state index contributed by atoms with van der Waals surface area (Å²) in [5.41, 5.74) is 1.21. The van der Waals surface area contributed by atoms with E-state index < -0.39 is 12.3 Å². The van der Waals surface area contributed by atoms with Gasteiger partial charge in [-0.25, -0.2) is 0 Å². The van der Waals surface area contributed by atoms with E-state index in [1.165, 1.54) is 22.9 Å². The molecule has 3 aromatic rings. The summed E-state index contributed by atoms with van der Waals surface area (Å²) in [6.45, 7) is 0.279. The number of hydrogen-bond donors (Lipinski definition) is 0. The maximum absolute atomic E-state index is 12.5. The molecule has 0 radical (unpaired) electrons. The van der Waals surface area contributed by atoms with Crippen molar-refractivity contribution in [1.82, 2.24) is 14.8 Å². The molecule has 0 atom stereocenters. The molecule has 2 heterocycles. The number of rotatable bonds is 4. The van der Waals surface area contributed by atoms with Crippen molar-refractivity contribution in [1.29, 1.82) is 5.26 Å². The van der Waals surface area contributed by atoms with Gasteiger partial charge in [0.1, 0.15) is 0 Å². The van der Waals surface area contributed by atoms with Gasteiger partial charge in [-0.1, -0.05) is 12.1 Å². The number of benzene rings is 1. The second-order valence-corrected chi connectivity index (χ2v) is 4.94. The van der Waals surface area contributed by atoms with E-state index in [0.717, 1.165) is 5.56 Å². The Morgan fingerprint density at radius 2 is 2.08 bits per heavy atom. The monoisotopic (exact) mass is 328 g/mol. The second-order valence-electron chi connectivity index (χ2n) is 4.94. The highest BCUT2D eigenvalue weighted by molar-refractivity contribution is 5.51. The molecule has 0 N–H and O–H groups in total. The standard InChI is InChI=1S/C16H10F2N4O2/c17-14(18)16-21-20-15(24-16)12-4-5-22(13(23)7-12)9-11-3-1-2-10(6-11)8-19/h1-7,14H,9H2. The van der Waals surface area contributed by atoms with Crippen LogP contribution in [-0.4, -0.2) is 14.8 Å². The maximum atomic E-state index is 12.5. The topological polar surface area (TPSA) is 84.7 Å². The van der Waals surface area contributed by atoms with E-state index in [4.69, 9.17) is 9.68 Å². The van der Waals surface area contributed by atoms with E-state index >= 15 is 0 Å². The number of halogens is 2. The predicted molar refractivity (Wildman–Crippen MR) is 79.2 cm³/mol. The third kappa shape index (κ3) is 3.20. The van der Waals surface area contributed by atoms with Crippen molar-refractivity contribution in [2.75, 3.05) is 0 Å². The van der Waals surface area contributed by atoms with Crippen molar-refractivity contribution in [3.05, 3.63) is 70.0 Å². The largest absolute Gasteiger partial charge is 0.415 e. The molecule has 2 aromatic heterocycles. The normalized spacial score (nSPS) is 10.8. The van der Waals surface area contributed by atoms with Crippen molar-refractivity contribution in [2.24, 2.45) is 0 Å². The van der Waals surface area contributed by atoms with Crippen LogP contribution in [0, 0.1) is 11.3 Å². The summed E-state index contributed by atoms with van der Waals surface area (Å²) in [5, 5.41) is 15.6. The average molecular weight is 328 g/mol. The lowest BCUT2D eigenvalue weighted by molar-refractivity contribution is 0.116. The summed E-state index contributed by atoms with van der Waals surface area (Å²) in [4.78, 5) is 12.2. The van der Waals surface area contributed by atoms with Crippen molar-refractivity contribution in [2.45, 2.75) is 13.0 Å². The number of nitrogens with zero attached hydrogens (tertiary/aromatic N) is 4. The van der Waals surface area contributed by atoms with E-state index in [1.807, 2.05) is 6.07 Å². The molecular weight excluding hydrogens is 318 g/mol. The molecule has 0 unspecified atom stereocenters. The van der Waals surface area contributed by atoms with E-state index in [-0.39, 0.29) is 23.6 Å². The highest BCUT2D eigenvalue weighted by Gasteiger charge is 2.17. The number of aromatic nitrogens is 3. The van der Waals surface area contributed by atoms with Gasteiger partial charge < -0.3 is 8.98 Å². The highest BCUT2D eigenvalue weighted by Crippen LogP contribution is 2.22. The van der Waals surface area contributed by atoms with Crippen LogP contribution in [0.3, 0.4) is 0 Å². The zero-order chi connectivity index (χ0) is 17.1. The second kappa shape index (κ2) is 6.42. The van der Waals surface area contributed by atoms with Gasteiger partial charge in [-0.15, -0.1) is 10.2 Å². The van der Waals surface area contributed by atoms with Crippen LogP contribution in [0.15, 0.2) is 51.8 Å². The Morgan fingerprint density at radius 1 is 1.25 bits per heavy atom. The summed E-state index contributed by atoms with van der Waals surface area (Å²) in [7, 11) is 0. The zero-order valence-corrected chi connectivity index (χ0v) is 12.2. The Kier molecular flexibility index (Phi) is 4.16. The first kappa shape index (κ1) is 15.6. The van der Waals surface area contributed by atoms with Crippen LogP contribution in [0.4, 0.5) is 8.78 Å². The van der Waals surface area contributed by atoms with Crippen LogP contribution in [0.25, 0.3) is 11.5 Å². The lowest BCUT2D eigenvalue weighted by Gasteiger charge is -2.06. The van der Waals surface area contributed by atoms with Gasteiger partial charge in [0.05, 0.1) is 18.2 Å². The molecule has 6 nitrogen and oxygen atoms in total. The van der Waals surface area contributed by atoms with Crippen molar-refractivity contribution >= 4 is 0 Å². The van der Waals surface area contributed by atoms with Gasteiger partial charge in [-0.2, -0.15) is 14.0 Å². The summed E-state index contributed by atoms with van der Waals surface area (Å²) < 4.78 is 31.2. The summed E-state index contributed by atoms with van der Waals surface area (Å²) in [6.07, 6.45) is -1.36. The Labute approximate surface area is 134 Å². The first-order valence-corrected chi connectivity index (χ1v) is 6.88. The molecule has 0 aliphatic carbocycles. The van der Waals surface area contributed by atoms with E-state index in [0.29, 0.717) is 5.56 Å². The molecule has 120 valence electrons. The molecule has 0 spiro atoms. The van der Waals surface area contributed by atoms with Crippen LogP contribution < -0.4 is 5.56 Å². The highest BCUT2D eigenvalue weighted by atomic mass is 19.3. The van der Waals surface area contributed by atoms with E-state index in [1.54, 1.807) is 24.3 Å². The molecule has 24 heavy (non-hydrogen) atoms. The molecule has 0 fully saturated rings. The third-order valence-electron chi connectivity index (χ3n) is 3.28. The van der Waals surface area contributed by atoms with Crippen LogP contribution in [0.5, 0.6) is 0 Å². The Balaban J connectivity index is 1.87. The average Bonchev–Trinajstić information content (AvgIpc) is 3.07. The first-order valence-electron chi connectivity index (χ1n) is 6.88. The molecule has 0 amide bonds. The van der Waals surface area contributed by atoms with Crippen molar-refractivity contribution < 1.29 is 13.2 Å². The van der Waals surface area contributed by atoms with Gasteiger partial charge in [-0.3, -0.25) is 4.79 Å². The zero-order valence-electron chi connectivity index (χ0n) is 12.2. The van der Waals surface area contributed by atoms with Gasteiger partial charge in [-0.05, 0) is 23.8 Å². The SMILES string of the molecule is N#Cc1cccc(Cn2ccc(-c3nnc(C(F)F)o3)cc2=O)c1. The lowest BCUT2D eigenvalue weighted by Crippen LogP contribution is -2.19. The quantitative estimate of drug-likeness (QED) is 0.735. The Bertz CT molecular complexity index is 972. The van der Waals surface area contributed by atoms with Crippen molar-refractivity contribution in [3.63, 3.8) is 0 Å². The minimum absolute atomic E-state index is 0.138. The molecular formula is C16H10F2N4O2. The molecule has 8 heteroatoms. The molecule has 1 aromatic carbocycles. The lowest BCUT2D eigenvalue weighted by atomic mass is 10.1. The predicted octanol–water partition coefficient (Wildman–Crippen LogP) is 2.76. The van der Waals surface area contributed by atoms with Crippen LogP contribution in [-0.2, 0) is 6.54 Å². The van der Waals surface area contributed by atoms with Crippen LogP contribution in [0.2, 0.25) is 0 Å². The van der Waals surface area contributed by atoms with E-state index in [9.17, 15) is 13.6 Å². The third-order valence-corrected chi connectivity index (χ3v) is 3.28. The Morgan fingerprint density at radius 3 is 2.75 bits per heavy atom. The molecule has 0 aliphatic heterocycles. The smallest absolute Gasteiger partial charge is 0.314 e. The maximum Gasteiger partial charge on any atom is 0.314 e. The van der Waals surface area contributed by atoms with Gasteiger partial charge >= 0.3 is 6.43 Å². The summed E-state index contributed by atoms with van der Waals surface area (Å²) >= 11 is 0. The molecule has 0 saturated heterocycles. The fourth-order valence-electron chi connectivity index (χ4n) is 2.15. The fraction of sp³-hybridized carbons (Fsp3) is 0.125. The minimum Gasteiger partial charge on any atom is -0.415 e. The fourth-order valence-corrected chi connectivity index (χ4v) is 2.15. The summed E-state index contributed by atoms with van der Waals surface area (Å²) in [6, 6.07) is 11.7.